The average molecular weight is 136 g/mol. The summed E-state index contributed by atoms with van der Waals surface area (Å²) in [5, 5.41) is 5.40. The fourth-order valence-electron chi connectivity index (χ4n) is 0.453. The molecule has 0 unspecified atom stereocenters. The molecule has 52 valence electrons. The zero-order valence-corrected chi connectivity index (χ0v) is 5.37. The van der Waals surface area contributed by atoms with Gasteiger partial charge in [0, 0.05) is 5.69 Å². The third-order valence-electron chi connectivity index (χ3n) is 0.800. The third kappa shape index (κ3) is 4.56. The van der Waals surface area contributed by atoms with E-state index in [9.17, 15) is 0 Å². The molecule has 0 radical (unpaired) electrons. The Balaban J connectivity index is 0.000000236. The summed E-state index contributed by atoms with van der Waals surface area (Å²) in [6, 6.07) is 9.49. The summed E-state index contributed by atoms with van der Waals surface area (Å²) < 4.78 is 0. The molecule has 0 aliphatic heterocycles. The van der Waals surface area contributed by atoms with Gasteiger partial charge in [-0.2, -0.15) is 0 Å². The molecule has 1 aromatic carbocycles. The molecule has 1 aromatic rings. The van der Waals surface area contributed by atoms with Crippen molar-refractivity contribution >= 4 is 11.8 Å². The lowest BCUT2D eigenvalue weighted by Crippen LogP contribution is -1.79. The first-order valence-corrected chi connectivity index (χ1v) is 2.65. The SMILES string of the molecule is N=C=O.Nc1ccccc1. The second kappa shape index (κ2) is 5.54. The van der Waals surface area contributed by atoms with Crippen LogP contribution in [0, 0.1) is 5.41 Å². The second-order valence-corrected chi connectivity index (χ2v) is 1.51. The lowest BCUT2D eigenvalue weighted by atomic mass is 10.3. The summed E-state index contributed by atoms with van der Waals surface area (Å²) in [6.45, 7) is 0. The second-order valence-electron chi connectivity index (χ2n) is 1.51. The van der Waals surface area contributed by atoms with E-state index >= 15 is 0 Å². The number of carbonyl (C=O) groups excluding carboxylic acids is 1. The minimum atomic E-state index is 0.750. The van der Waals surface area contributed by atoms with Crippen LogP contribution in [0.1, 0.15) is 0 Å². The van der Waals surface area contributed by atoms with E-state index in [1.165, 1.54) is 0 Å². The van der Waals surface area contributed by atoms with Crippen LogP contribution in [-0.4, -0.2) is 6.08 Å². The minimum absolute atomic E-state index is 0.750. The highest BCUT2D eigenvalue weighted by molar-refractivity contribution is 5.35. The van der Waals surface area contributed by atoms with E-state index < -0.39 is 0 Å². The Morgan fingerprint density at radius 1 is 1.30 bits per heavy atom. The van der Waals surface area contributed by atoms with Gasteiger partial charge < -0.3 is 5.73 Å². The van der Waals surface area contributed by atoms with Crippen molar-refractivity contribution < 1.29 is 4.79 Å². The van der Waals surface area contributed by atoms with Crippen LogP contribution in [0.25, 0.3) is 0 Å². The number of nitrogens with two attached hydrogens (primary N) is 1. The van der Waals surface area contributed by atoms with Crippen LogP contribution >= 0.6 is 0 Å². The number of para-hydroxylation sites is 1. The van der Waals surface area contributed by atoms with E-state index in [4.69, 9.17) is 15.9 Å². The van der Waals surface area contributed by atoms with Gasteiger partial charge in [0.1, 0.15) is 0 Å². The Kier molecular flexibility index (Phi) is 4.65. The number of rotatable bonds is 0. The molecule has 0 atom stereocenters. The highest BCUT2D eigenvalue weighted by Gasteiger charge is 1.72. The predicted molar refractivity (Wildman–Crippen MR) is 39.3 cm³/mol. The van der Waals surface area contributed by atoms with E-state index in [2.05, 4.69) is 0 Å². The molecule has 3 nitrogen and oxygen atoms in total. The summed E-state index contributed by atoms with van der Waals surface area (Å²) in [5.74, 6) is 0. The van der Waals surface area contributed by atoms with Gasteiger partial charge in [-0.05, 0) is 12.1 Å². The van der Waals surface area contributed by atoms with E-state index in [1.54, 1.807) is 0 Å². The summed E-state index contributed by atoms with van der Waals surface area (Å²) in [5.41, 5.74) is 6.18. The summed E-state index contributed by atoms with van der Waals surface area (Å²) >= 11 is 0. The summed E-state index contributed by atoms with van der Waals surface area (Å²) in [6.07, 6.45) is 0.750. The van der Waals surface area contributed by atoms with Crippen LogP contribution in [0.2, 0.25) is 0 Å². The average Bonchev–Trinajstić information content (AvgIpc) is 1.91. The lowest BCUT2D eigenvalue weighted by Gasteiger charge is -1.83. The maximum atomic E-state index is 8.35. The zero-order valence-electron chi connectivity index (χ0n) is 5.37. The molecule has 0 heterocycles. The first-order chi connectivity index (χ1) is 4.81. The Bertz CT molecular complexity index is 202. The molecule has 10 heavy (non-hydrogen) atoms. The lowest BCUT2D eigenvalue weighted by molar-refractivity contribution is 0.563. The highest BCUT2D eigenvalue weighted by Crippen LogP contribution is 1.95. The molecular weight excluding hydrogens is 128 g/mol. The Hall–Kier alpha value is -1.60. The first kappa shape index (κ1) is 8.40. The monoisotopic (exact) mass is 136 g/mol. The van der Waals surface area contributed by atoms with Crippen LogP contribution in [0.15, 0.2) is 30.3 Å². The van der Waals surface area contributed by atoms with Gasteiger partial charge in [0.15, 0.2) is 0 Å². The summed E-state index contributed by atoms with van der Waals surface area (Å²) in [7, 11) is 0. The largest absolute Gasteiger partial charge is 0.399 e. The highest BCUT2D eigenvalue weighted by atomic mass is 16.1. The molecule has 0 aliphatic rings. The van der Waals surface area contributed by atoms with Crippen molar-refractivity contribution in [1.29, 1.82) is 5.41 Å². The number of anilines is 1. The van der Waals surface area contributed by atoms with Crippen LogP contribution in [0.3, 0.4) is 0 Å². The quantitative estimate of drug-likeness (QED) is 0.319. The van der Waals surface area contributed by atoms with Crippen molar-refractivity contribution in [1.82, 2.24) is 0 Å². The van der Waals surface area contributed by atoms with E-state index in [0.29, 0.717) is 0 Å². The maximum absolute atomic E-state index is 8.35. The molecule has 0 saturated carbocycles. The van der Waals surface area contributed by atoms with E-state index in [-0.39, 0.29) is 0 Å². The zero-order chi connectivity index (χ0) is 7.82. The molecule has 0 spiro atoms. The molecule has 3 N–H and O–H groups in total. The predicted octanol–water partition coefficient (Wildman–Crippen LogP) is 1.17. The van der Waals surface area contributed by atoms with Crippen LogP contribution < -0.4 is 5.73 Å². The third-order valence-corrected chi connectivity index (χ3v) is 0.800. The van der Waals surface area contributed by atoms with Crippen LogP contribution in [0.5, 0.6) is 0 Å². The number of benzene rings is 1. The van der Waals surface area contributed by atoms with Crippen molar-refractivity contribution in [2.75, 3.05) is 5.73 Å². The van der Waals surface area contributed by atoms with Crippen molar-refractivity contribution in [3.05, 3.63) is 30.3 Å². The molecule has 3 heteroatoms. The fourth-order valence-corrected chi connectivity index (χ4v) is 0.453. The van der Waals surface area contributed by atoms with Crippen LogP contribution in [0.4, 0.5) is 5.69 Å². The minimum Gasteiger partial charge on any atom is -0.399 e. The Morgan fingerprint density at radius 3 is 1.90 bits per heavy atom. The molecule has 0 saturated heterocycles. The van der Waals surface area contributed by atoms with Crippen LogP contribution in [-0.2, 0) is 4.79 Å². The maximum Gasteiger partial charge on any atom is 0.231 e. The molecule has 0 aliphatic carbocycles. The number of hydrogen-bond acceptors (Lipinski definition) is 3. The normalized spacial score (nSPS) is 6.80. The number of isocyanates is 1. The number of nitrogens with one attached hydrogen (secondary N) is 1. The number of hydrogen-bond donors (Lipinski definition) is 2. The van der Waals surface area contributed by atoms with Gasteiger partial charge in [-0.1, -0.05) is 18.2 Å². The van der Waals surface area contributed by atoms with E-state index in [0.717, 1.165) is 11.8 Å². The van der Waals surface area contributed by atoms with Gasteiger partial charge in [0.2, 0.25) is 6.08 Å². The molecule has 1 rings (SSSR count). The topological polar surface area (TPSA) is 66.9 Å². The Labute approximate surface area is 59.0 Å². The van der Waals surface area contributed by atoms with Gasteiger partial charge >= 0.3 is 0 Å². The fraction of sp³-hybridized carbons (Fsp3) is 0. The van der Waals surface area contributed by atoms with Crippen molar-refractivity contribution in [3.63, 3.8) is 0 Å². The number of nitrogen functional groups attached to an aromatic ring is 1. The van der Waals surface area contributed by atoms with Crippen molar-refractivity contribution in [3.8, 4) is 0 Å². The molecule has 0 bridgehead atoms. The summed E-state index contributed by atoms with van der Waals surface area (Å²) in [4.78, 5) is 8.35. The van der Waals surface area contributed by atoms with Gasteiger partial charge in [-0.3, -0.25) is 0 Å². The standard InChI is InChI=1S/C6H7N.CHNO/c7-6-4-2-1-3-5-6;2-1-3/h1-5H,7H2;2H. The molecular formula is C7H8N2O. The smallest absolute Gasteiger partial charge is 0.231 e. The molecule has 0 amide bonds. The van der Waals surface area contributed by atoms with E-state index in [1.807, 2.05) is 30.3 Å². The first-order valence-electron chi connectivity index (χ1n) is 2.65. The molecule has 0 fully saturated rings. The van der Waals surface area contributed by atoms with Gasteiger partial charge in [-0.25, -0.2) is 10.2 Å². The Morgan fingerprint density at radius 2 is 1.70 bits per heavy atom. The van der Waals surface area contributed by atoms with Crippen molar-refractivity contribution in [2.45, 2.75) is 0 Å². The van der Waals surface area contributed by atoms with Gasteiger partial charge in [0.05, 0.1) is 0 Å². The van der Waals surface area contributed by atoms with Gasteiger partial charge in [-0.15, -0.1) is 0 Å². The van der Waals surface area contributed by atoms with Crippen molar-refractivity contribution in [2.24, 2.45) is 0 Å². The molecule has 0 aromatic heterocycles. The van der Waals surface area contributed by atoms with Gasteiger partial charge in [0.25, 0.3) is 0 Å².